The lowest BCUT2D eigenvalue weighted by Gasteiger charge is -2.20. The maximum absolute atomic E-state index is 12.8. The number of halogens is 2. The molecule has 0 nitrogen and oxygen atoms in total. The highest BCUT2D eigenvalue weighted by Gasteiger charge is 2.24. The van der Waals surface area contributed by atoms with Crippen LogP contribution in [0.4, 0.5) is 8.78 Å². The lowest BCUT2D eigenvalue weighted by Crippen LogP contribution is -2.11. The van der Waals surface area contributed by atoms with Gasteiger partial charge in [0, 0.05) is 5.56 Å². The van der Waals surface area contributed by atoms with Crippen molar-refractivity contribution in [1.82, 2.24) is 0 Å². The van der Waals surface area contributed by atoms with Gasteiger partial charge >= 0.3 is 0 Å². The van der Waals surface area contributed by atoms with Crippen LogP contribution in [0.15, 0.2) is 24.3 Å². The van der Waals surface area contributed by atoms with Crippen LogP contribution < -0.4 is 0 Å². The largest absolute Gasteiger partial charge is 0.283 e. The molecule has 0 aliphatic rings. The van der Waals surface area contributed by atoms with E-state index in [2.05, 4.69) is 20.8 Å². The molecule has 1 unspecified atom stereocenters. The minimum absolute atomic E-state index is 0.00863. The second-order valence-electron chi connectivity index (χ2n) is 4.45. The summed E-state index contributed by atoms with van der Waals surface area (Å²) in [5.41, 5.74) is -1.71. The minimum Gasteiger partial charge on any atom is -0.197 e. The van der Waals surface area contributed by atoms with Crippen molar-refractivity contribution in [3.63, 3.8) is 0 Å². The summed E-state index contributed by atoms with van der Waals surface area (Å²) in [5, 5.41) is 0. The molecular weight excluding hydrogens is 201 g/mol. The quantitative estimate of drug-likeness (QED) is 0.624. The Morgan fingerprint density at radius 2 is 1.29 bits per heavy atom. The molecule has 0 bridgehead atoms. The molecule has 1 rings (SSSR count). The monoisotopic (exact) mass is 216 g/mol. The first-order valence-electron chi connectivity index (χ1n) is 4.49. The molecule has 0 aromatic heterocycles. The van der Waals surface area contributed by atoms with Crippen molar-refractivity contribution in [2.75, 3.05) is 0 Å². The van der Waals surface area contributed by atoms with Crippen LogP contribution in [0, 0.1) is 0 Å². The van der Waals surface area contributed by atoms with Crippen molar-refractivity contribution < 1.29 is 8.78 Å². The molecular formula is C11H15F2P. The van der Waals surface area contributed by atoms with Crippen LogP contribution >= 0.6 is 9.24 Å². The number of hydrogen-bond donors (Lipinski definition) is 0. The topological polar surface area (TPSA) is 0 Å². The molecule has 3 heteroatoms. The van der Waals surface area contributed by atoms with Gasteiger partial charge in [0.05, 0.1) is 0 Å². The highest BCUT2D eigenvalue weighted by molar-refractivity contribution is 7.17. The first kappa shape index (κ1) is 11.6. The van der Waals surface area contributed by atoms with Crippen LogP contribution in [0.2, 0.25) is 0 Å². The fourth-order valence-corrected chi connectivity index (χ4v) is 1.38. The smallest absolute Gasteiger partial charge is 0.197 e. The second-order valence-corrected chi connectivity index (χ2v) is 5.18. The summed E-state index contributed by atoms with van der Waals surface area (Å²) in [6, 6.07) is 6.47. The number of benzene rings is 1. The summed E-state index contributed by atoms with van der Waals surface area (Å²) in [7, 11) is 1.54. The predicted octanol–water partition coefficient (Wildman–Crippen LogP) is 3.91. The first-order chi connectivity index (χ1) is 6.21. The third kappa shape index (κ3) is 2.75. The van der Waals surface area contributed by atoms with Crippen LogP contribution in [0.3, 0.4) is 0 Å². The van der Waals surface area contributed by atoms with Crippen molar-refractivity contribution in [1.29, 1.82) is 0 Å². The van der Waals surface area contributed by atoms with E-state index in [4.69, 9.17) is 0 Å². The Hall–Kier alpha value is -0.490. The van der Waals surface area contributed by atoms with Crippen molar-refractivity contribution >= 4 is 9.24 Å². The van der Waals surface area contributed by atoms with Crippen molar-refractivity contribution in [2.24, 2.45) is 0 Å². The molecule has 0 amide bonds. The zero-order valence-electron chi connectivity index (χ0n) is 8.64. The fraction of sp³-hybridized carbons (Fsp3) is 0.455. The molecule has 0 spiro atoms. The Balaban J connectivity index is 3.02. The van der Waals surface area contributed by atoms with Crippen LogP contribution in [0.5, 0.6) is 0 Å². The highest BCUT2D eigenvalue weighted by Crippen LogP contribution is 2.35. The van der Waals surface area contributed by atoms with Gasteiger partial charge in [0.2, 0.25) is 0 Å². The number of rotatable bonds is 1. The van der Waals surface area contributed by atoms with Gasteiger partial charge in [-0.1, -0.05) is 54.3 Å². The second kappa shape index (κ2) is 3.58. The Morgan fingerprint density at radius 1 is 0.929 bits per heavy atom. The van der Waals surface area contributed by atoms with Gasteiger partial charge in [0.1, 0.15) is 0 Å². The molecule has 0 fully saturated rings. The van der Waals surface area contributed by atoms with Crippen LogP contribution in [-0.4, -0.2) is 0 Å². The van der Waals surface area contributed by atoms with E-state index in [1.54, 1.807) is 21.4 Å². The third-order valence-corrected chi connectivity index (χ3v) is 2.47. The van der Waals surface area contributed by atoms with Gasteiger partial charge in [0.25, 0.3) is 5.66 Å². The highest BCUT2D eigenvalue weighted by atomic mass is 31.0. The molecule has 0 radical (unpaired) electrons. The maximum Gasteiger partial charge on any atom is 0.283 e. The number of hydrogen-bond acceptors (Lipinski definition) is 0. The van der Waals surface area contributed by atoms with Gasteiger partial charge in [-0.05, 0) is 11.0 Å². The molecule has 1 aromatic rings. The van der Waals surface area contributed by atoms with Crippen LogP contribution in [0.1, 0.15) is 31.9 Å². The lowest BCUT2D eigenvalue weighted by molar-refractivity contribution is 0.104. The van der Waals surface area contributed by atoms with Gasteiger partial charge in [-0.25, -0.2) is 0 Å². The first-order valence-corrected chi connectivity index (χ1v) is 5.07. The normalized spacial score (nSPS) is 13.0. The Labute approximate surface area is 85.9 Å². The average molecular weight is 216 g/mol. The molecule has 0 heterocycles. The van der Waals surface area contributed by atoms with E-state index in [9.17, 15) is 8.78 Å². The summed E-state index contributed by atoms with van der Waals surface area (Å²) in [6.45, 7) is 6.17. The van der Waals surface area contributed by atoms with Crippen LogP contribution in [0.25, 0.3) is 0 Å². The van der Waals surface area contributed by atoms with Gasteiger partial charge in [0.15, 0.2) is 0 Å². The summed E-state index contributed by atoms with van der Waals surface area (Å²) >= 11 is 0. The minimum atomic E-state index is -2.82. The molecule has 0 saturated heterocycles. The SMILES string of the molecule is CC(C)(C)c1ccc(C(F)(F)P)cc1. The van der Waals surface area contributed by atoms with Gasteiger partial charge < -0.3 is 0 Å². The third-order valence-electron chi connectivity index (χ3n) is 2.14. The van der Waals surface area contributed by atoms with Crippen molar-refractivity contribution in [2.45, 2.75) is 31.8 Å². The predicted molar refractivity (Wildman–Crippen MR) is 58.7 cm³/mol. The van der Waals surface area contributed by atoms with Gasteiger partial charge in [-0.15, -0.1) is 0 Å². The summed E-state index contributed by atoms with van der Waals surface area (Å²) in [5.74, 6) is 0. The van der Waals surface area contributed by atoms with Crippen LogP contribution in [-0.2, 0) is 11.1 Å². The van der Waals surface area contributed by atoms with E-state index in [1.807, 2.05) is 0 Å². The van der Waals surface area contributed by atoms with Gasteiger partial charge in [-0.3, -0.25) is 0 Å². The summed E-state index contributed by atoms with van der Waals surface area (Å²) in [4.78, 5) is 0. The van der Waals surface area contributed by atoms with E-state index in [0.29, 0.717) is 0 Å². The molecule has 1 atom stereocenters. The average Bonchev–Trinajstić information content (AvgIpc) is 2.01. The fourth-order valence-electron chi connectivity index (χ4n) is 1.19. The standard InChI is InChI=1S/C11H15F2P/c1-10(2,3)8-4-6-9(7-5-8)11(12,13)14/h4-7H,14H2,1-3H3. The lowest BCUT2D eigenvalue weighted by atomic mass is 9.87. The van der Waals surface area contributed by atoms with E-state index in [0.717, 1.165) is 5.56 Å². The van der Waals surface area contributed by atoms with Crippen molar-refractivity contribution in [3.05, 3.63) is 35.4 Å². The molecule has 0 saturated carbocycles. The van der Waals surface area contributed by atoms with E-state index < -0.39 is 5.66 Å². The molecule has 14 heavy (non-hydrogen) atoms. The Morgan fingerprint density at radius 3 is 1.57 bits per heavy atom. The van der Waals surface area contributed by atoms with E-state index >= 15 is 0 Å². The Kier molecular flexibility index (Phi) is 2.96. The molecule has 1 aromatic carbocycles. The zero-order valence-corrected chi connectivity index (χ0v) is 9.80. The zero-order chi connectivity index (χ0) is 11.0. The van der Waals surface area contributed by atoms with E-state index in [-0.39, 0.29) is 11.0 Å². The number of alkyl halides is 2. The van der Waals surface area contributed by atoms with Gasteiger partial charge in [-0.2, -0.15) is 8.78 Å². The summed E-state index contributed by atoms with van der Waals surface area (Å²) < 4.78 is 25.7. The molecule has 0 aliphatic heterocycles. The maximum atomic E-state index is 12.8. The van der Waals surface area contributed by atoms with E-state index in [1.165, 1.54) is 12.1 Å². The summed E-state index contributed by atoms with van der Waals surface area (Å²) in [6.07, 6.45) is 0. The molecule has 0 N–H and O–H groups in total. The molecule has 78 valence electrons. The Bertz CT molecular complexity index is 271. The molecule has 0 aliphatic carbocycles. The van der Waals surface area contributed by atoms with Crippen molar-refractivity contribution in [3.8, 4) is 0 Å².